The van der Waals surface area contributed by atoms with E-state index >= 15 is 0 Å². The van der Waals surface area contributed by atoms with Gasteiger partial charge in [0.25, 0.3) is 0 Å². The van der Waals surface area contributed by atoms with Crippen molar-refractivity contribution >= 4 is 15.9 Å². The Kier molecular flexibility index (Phi) is 4.62. The van der Waals surface area contributed by atoms with Gasteiger partial charge in [-0.15, -0.1) is 0 Å². The molecule has 110 valence electrons. The van der Waals surface area contributed by atoms with E-state index in [0.29, 0.717) is 0 Å². The predicted molar refractivity (Wildman–Crippen MR) is 82.0 cm³/mol. The molecular weight excluding hydrogens is 320 g/mol. The lowest BCUT2D eigenvalue weighted by atomic mass is 10.0. The highest BCUT2D eigenvalue weighted by molar-refractivity contribution is 9.10. The lowest BCUT2D eigenvalue weighted by Gasteiger charge is -2.17. The Labute approximate surface area is 127 Å². The van der Waals surface area contributed by atoms with Crippen molar-refractivity contribution in [3.63, 3.8) is 0 Å². The summed E-state index contributed by atoms with van der Waals surface area (Å²) in [4.78, 5) is 0. The number of nitrogens with two attached hydrogens (primary N) is 1. The molecule has 6 nitrogen and oxygen atoms in total. The Bertz CT molecular complexity index is 581. The maximum Gasteiger partial charge on any atom is 0.0705 e. The second-order valence-corrected chi connectivity index (χ2v) is 5.89. The zero-order valence-corrected chi connectivity index (χ0v) is 13.9. The summed E-state index contributed by atoms with van der Waals surface area (Å²) in [6.07, 6.45) is 3.61. The molecule has 1 atom stereocenters. The summed E-state index contributed by atoms with van der Waals surface area (Å²) in [5.74, 6) is 5.71. The van der Waals surface area contributed by atoms with Crippen molar-refractivity contribution in [3.05, 3.63) is 33.3 Å². The molecule has 2 rings (SSSR count). The van der Waals surface area contributed by atoms with Gasteiger partial charge in [0.2, 0.25) is 0 Å². The number of rotatable bonds is 5. The number of aryl methyl sites for hydroxylation is 3. The third kappa shape index (κ3) is 2.79. The lowest BCUT2D eigenvalue weighted by molar-refractivity contribution is 0.478. The molecule has 0 fully saturated rings. The number of aromatic nitrogens is 4. The minimum absolute atomic E-state index is 0.0517. The van der Waals surface area contributed by atoms with Gasteiger partial charge in [0.05, 0.1) is 28.1 Å². The normalized spacial score (nSPS) is 12.9. The van der Waals surface area contributed by atoms with Gasteiger partial charge in [-0.1, -0.05) is 0 Å². The van der Waals surface area contributed by atoms with Crippen LogP contribution >= 0.6 is 15.9 Å². The van der Waals surface area contributed by atoms with E-state index in [1.54, 1.807) is 6.20 Å². The van der Waals surface area contributed by atoms with Crippen molar-refractivity contribution in [2.45, 2.75) is 32.7 Å². The first kappa shape index (κ1) is 15.2. The Morgan fingerprint density at radius 2 is 2.05 bits per heavy atom. The van der Waals surface area contributed by atoms with E-state index in [4.69, 9.17) is 5.84 Å². The van der Waals surface area contributed by atoms with E-state index in [1.165, 1.54) is 11.3 Å². The number of nitrogens with zero attached hydrogens (tertiary/aromatic N) is 4. The quantitative estimate of drug-likeness (QED) is 0.641. The highest BCUT2D eigenvalue weighted by atomic mass is 79.9. The monoisotopic (exact) mass is 340 g/mol. The van der Waals surface area contributed by atoms with Gasteiger partial charge in [0.1, 0.15) is 0 Å². The van der Waals surface area contributed by atoms with Crippen LogP contribution in [-0.4, -0.2) is 19.6 Å². The summed E-state index contributed by atoms with van der Waals surface area (Å²) >= 11 is 3.52. The van der Waals surface area contributed by atoms with Gasteiger partial charge >= 0.3 is 0 Å². The molecule has 0 aliphatic carbocycles. The molecule has 2 aromatic rings. The summed E-state index contributed by atoms with van der Waals surface area (Å²) in [6, 6.07) is 0.0517. The van der Waals surface area contributed by atoms with Gasteiger partial charge in [-0.05, 0) is 48.2 Å². The fourth-order valence-corrected chi connectivity index (χ4v) is 3.20. The molecule has 20 heavy (non-hydrogen) atoms. The molecule has 0 aliphatic rings. The summed E-state index contributed by atoms with van der Waals surface area (Å²) in [5.41, 5.74) is 7.54. The average Bonchev–Trinajstić information content (AvgIpc) is 2.85. The summed E-state index contributed by atoms with van der Waals surface area (Å²) in [5, 5.41) is 8.69. The third-order valence-electron chi connectivity index (χ3n) is 3.81. The number of hydrogen-bond donors (Lipinski definition) is 2. The van der Waals surface area contributed by atoms with E-state index in [2.05, 4.69) is 38.5 Å². The first-order valence-corrected chi connectivity index (χ1v) is 7.37. The van der Waals surface area contributed by atoms with Crippen LogP contribution in [0.3, 0.4) is 0 Å². The summed E-state index contributed by atoms with van der Waals surface area (Å²) in [6.45, 7) is 4.15. The molecule has 2 heterocycles. The smallest absolute Gasteiger partial charge is 0.0705 e. The molecule has 0 radical (unpaired) electrons. The minimum Gasteiger partial charge on any atom is -0.272 e. The molecule has 1 unspecified atom stereocenters. The van der Waals surface area contributed by atoms with E-state index in [0.717, 1.165) is 28.7 Å². The van der Waals surface area contributed by atoms with Crippen molar-refractivity contribution in [1.29, 1.82) is 0 Å². The summed E-state index contributed by atoms with van der Waals surface area (Å²) < 4.78 is 4.75. The van der Waals surface area contributed by atoms with Crippen LogP contribution in [0.5, 0.6) is 0 Å². The maximum absolute atomic E-state index is 5.71. The topological polar surface area (TPSA) is 73.7 Å². The number of nitrogens with one attached hydrogen (secondary N) is 1. The molecule has 0 bridgehead atoms. The molecule has 0 saturated heterocycles. The van der Waals surface area contributed by atoms with Gasteiger partial charge in [-0.3, -0.25) is 20.6 Å². The van der Waals surface area contributed by atoms with Crippen LogP contribution < -0.4 is 11.3 Å². The van der Waals surface area contributed by atoms with E-state index < -0.39 is 0 Å². The molecule has 0 aromatic carbocycles. The van der Waals surface area contributed by atoms with Gasteiger partial charge in [0.15, 0.2) is 0 Å². The highest BCUT2D eigenvalue weighted by Gasteiger charge is 2.19. The van der Waals surface area contributed by atoms with Crippen LogP contribution in [0, 0.1) is 13.8 Å². The summed E-state index contributed by atoms with van der Waals surface area (Å²) in [7, 11) is 3.90. The van der Waals surface area contributed by atoms with Crippen molar-refractivity contribution in [1.82, 2.24) is 25.0 Å². The van der Waals surface area contributed by atoms with Crippen LogP contribution in [-0.2, 0) is 20.5 Å². The number of hydrogen-bond acceptors (Lipinski definition) is 4. The van der Waals surface area contributed by atoms with Gasteiger partial charge in [0, 0.05) is 19.8 Å². The van der Waals surface area contributed by atoms with Crippen molar-refractivity contribution in [2.24, 2.45) is 19.9 Å². The maximum atomic E-state index is 5.71. The van der Waals surface area contributed by atoms with Crippen LogP contribution in [0.15, 0.2) is 10.7 Å². The fourth-order valence-electron chi connectivity index (χ4n) is 2.58. The predicted octanol–water partition coefficient (Wildman–Crippen LogP) is 1.67. The molecule has 7 heteroatoms. The van der Waals surface area contributed by atoms with E-state index in [1.807, 2.05) is 30.4 Å². The van der Waals surface area contributed by atoms with E-state index in [-0.39, 0.29) is 6.04 Å². The van der Waals surface area contributed by atoms with E-state index in [9.17, 15) is 0 Å². The Hall–Kier alpha value is -1.18. The number of hydrazine groups is 1. The molecular formula is C13H21BrN6. The minimum atomic E-state index is 0.0517. The van der Waals surface area contributed by atoms with Crippen LogP contribution in [0.2, 0.25) is 0 Å². The largest absolute Gasteiger partial charge is 0.272 e. The zero-order valence-electron chi connectivity index (χ0n) is 12.3. The van der Waals surface area contributed by atoms with Crippen molar-refractivity contribution in [3.8, 4) is 0 Å². The molecule has 0 aliphatic heterocycles. The molecule has 0 saturated carbocycles. The Balaban J connectivity index is 2.16. The Morgan fingerprint density at radius 1 is 1.35 bits per heavy atom. The van der Waals surface area contributed by atoms with Crippen LogP contribution in [0.1, 0.15) is 35.1 Å². The molecule has 0 amide bonds. The number of halogens is 1. The first-order chi connectivity index (χ1) is 9.45. The fraction of sp³-hybridized carbons (Fsp3) is 0.538. The zero-order chi connectivity index (χ0) is 14.9. The average molecular weight is 341 g/mol. The molecule has 2 aromatic heterocycles. The van der Waals surface area contributed by atoms with Gasteiger partial charge in [-0.25, -0.2) is 0 Å². The molecule has 3 N–H and O–H groups in total. The van der Waals surface area contributed by atoms with Crippen LogP contribution in [0.4, 0.5) is 0 Å². The third-order valence-corrected chi connectivity index (χ3v) is 4.42. The van der Waals surface area contributed by atoms with Gasteiger partial charge in [-0.2, -0.15) is 10.2 Å². The molecule has 0 spiro atoms. The highest BCUT2D eigenvalue weighted by Crippen LogP contribution is 2.26. The standard InChI is InChI=1S/C13H21BrN6/c1-8-10(9(2)19(3)18-8)5-6-12(17-15)13-11(14)7-16-20(13)4/h7,12,17H,5-6,15H2,1-4H3. The van der Waals surface area contributed by atoms with Gasteiger partial charge < -0.3 is 0 Å². The van der Waals surface area contributed by atoms with Crippen molar-refractivity contribution < 1.29 is 0 Å². The second-order valence-electron chi connectivity index (χ2n) is 5.03. The SMILES string of the molecule is Cc1nn(C)c(C)c1CCC(NN)c1c(Br)cnn1C. The van der Waals surface area contributed by atoms with Crippen LogP contribution in [0.25, 0.3) is 0 Å². The second kappa shape index (κ2) is 6.07. The Morgan fingerprint density at radius 3 is 2.50 bits per heavy atom. The van der Waals surface area contributed by atoms with Crippen molar-refractivity contribution in [2.75, 3.05) is 0 Å². The lowest BCUT2D eigenvalue weighted by Crippen LogP contribution is -2.30. The first-order valence-electron chi connectivity index (χ1n) is 6.58.